The number of hydrogen-bond acceptors (Lipinski definition) is 3. The van der Waals surface area contributed by atoms with Crippen LogP contribution in [0.15, 0.2) is 73.8 Å². The van der Waals surface area contributed by atoms with E-state index in [9.17, 15) is 4.89 Å². The topological polar surface area (TPSA) is 38.7 Å². The molecule has 3 nitrogen and oxygen atoms in total. The summed E-state index contributed by atoms with van der Waals surface area (Å²) in [7, 11) is -2.06. The largest absolute Gasteiger partial charge is 0.460 e. The molecule has 0 atom stereocenters. The molecule has 2 aromatic carbocycles. The first-order valence-electron chi connectivity index (χ1n) is 6.97. The Morgan fingerprint density at radius 3 is 1.64 bits per heavy atom. The van der Waals surface area contributed by atoms with E-state index in [1.165, 1.54) is 0 Å². The van der Waals surface area contributed by atoms with Crippen LogP contribution in [0.4, 0.5) is 0 Å². The zero-order chi connectivity index (χ0) is 15.8. The van der Waals surface area contributed by atoms with Gasteiger partial charge in [0, 0.05) is 0 Å². The van der Waals surface area contributed by atoms with Crippen LogP contribution < -0.4 is 9.05 Å². The second-order valence-corrected chi connectivity index (χ2v) is 5.46. The Hall–Kier alpha value is -2.09. The molecule has 2 rings (SSSR count). The second kappa shape index (κ2) is 8.38. The Morgan fingerprint density at radius 2 is 1.23 bits per heavy atom. The van der Waals surface area contributed by atoms with Gasteiger partial charge in [-0.3, -0.25) is 0 Å². The van der Waals surface area contributed by atoms with Crippen molar-refractivity contribution in [2.45, 2.75) is 12.8 Å². The highest BCUT2D eigenvalue weighted by atomic mass is 31.2. The summed E-state index contributed by atoms with van der Waals surface area (Å²) >= 11 is 0. The van der Waals surface area contributed by atoms with E-state index < -0.39 is 8.60 Å². The summed E-state index contributed by atoms with van der Waals surface area (Å²) in [6.07, 6.45) is 4.93. The van der Waals surface area contributed by atoms with E-state index in [1.54, 1.807) is 12.2 Å². The Morgan fingerprint density at radius 1 is 0.818 bits per heavy atom. The predicted octanol–water partition coefficient (Wildman–Crippen LogP) is 4.82. The number of allylic oxidation sites excluding steroid dienone is 2. The van der Waals surface area contributed by atoms with Crippen molar-refractivity contribution in [2.24, 2.45) is 0 Å². The molecule has 0 amide bonds. The number of rotatable bonds is 8. The van der Waals surface area contributed by atoms with E-state index in [4.69, 9.17) is 9.05 Å². The lowest BCUT2D eigenvalue weighted by Crippen LogP contribution is -1.99. The van der Waals surface area contributed by atoms with Crippen molar-refractivity contribution in [3.63, 3.8) is 0 Å². The van der Waals surface area contributed by atoms with E-state index in [0.29, 0.717) is 24.3 Å². The highest BCUT2D eigenvalue weighted by Crippen LogP contribution is 2.39. The lowest BCUT2D eigenvalue weighted by molar-refractivity contribution is 0.379. The molecule has 0 saturated heterocycles. The van der Waals surface area contributed by atoms with E-state index in [1.807, 2.05) is 48.5 Å². The fourth-order valence-corrected chi connectivity index (χ4v) is 2.75. The van der Waals surface area contributed by atoms with E-state index >= 15 is 0 Å². The summed E-state index contributed by atoms with van der Waals surface area (Å²) in [5, 5.41) is 0. The molecule has 0 unspecified atom stereocenters. The van der Waals surface area contributed by atoms with Gasteiger partial charge >= 0.3 is 8.60 Å². The second-order valence-electron chi connectivity index (χ2n) is 4.62. The Labute approximate surface area is 132 Å². The van der Waals surface area contributed by atoms with Crippen LogP contribution in [0.1, 0.15) is 11.1 Å². The van der Waals surface area contributed by atoms with E-state index in [-0.39, 0.29) is 0 Å². The minimum Gasteiger partial charge on any atom is -0.418 e. The monoisotopic (exact) mass is 314 g/mol. The van der Waals surface area contributed by atoms with Crippen molar-refractivity contribution in [3.8, 4) is 11.5 Å². The first kappa shape index (κ1) is 16.3. The van der Waals surface area contributed by atoms with E-state index in [2.05, 4.69) is 13.2 Å². The van der Waals surface area contributed by atoms with Gasteiger partial charge in [-0.1, -0.05) is 48.6 Å². The SMILES string of the molecule is C=CCc1ccccc1OP(O)Oc1ccccc1CC=C. The summed E-state index contributed by atoms with van der Waals surface area (Å²) in [4.78, 5) is 10.1. The lowest BCUT2D eigenvalue weighted by Gasteiger charge is -2.16. The number of para-hydroxylation sites is 2. The molecule has 0 radical (unpaired) electrons. The van der Waals surface area contributed by atoms with Crippen molar-refractivity contribution < 1.29 is 13.9 Å². The van der Waals surface area contributed by atoms with Crippen molar-refractivity contribution in [1.82, 2.24) is 0 Å². The van der Waals surface area contributed by atoms with Gasteiger partial charge in [-0.05, 0) is 36.1 Å². The predicted molar refractivity (Wildman–Crippen MR) is 91.1 cm³/mol. The summed E-state index contributed by atoms with van der Waals surface area (Å²) in [6, 6.07) is 15.1. The van der Waals surface area contributed by atoms with Gasteiger partial charge in [0.05, 0.1) is 0 Å². The zero-order valence-electron chi connectivity index (χ0n) is 12.3. The van der Waals surface area contributed by atoms with Crippen LogP contribution >= 0.6 is 8.60 Å². The molecule has 0 spiro atoms. The average Bonchev–Trinajstić information content (AvgIpc) is 2.52. The lowest BCUT2D eigenvalue weighted by atomic mass is 10.1. The van der Waals surface area contributed by atoms with Crippen LogP contribution in [-0.2, 0) is 12.8 Å². The summed E-state index contributed by atoms with van der Waals surface area (Å²) in [5.41, 5.74) is 1.92. The smallest absolute Gasteiger partial charge is 0.418 e. The van der Waals surface area contributed by atoms with Crippen molar-refractivity contribution >= 4 is 8.60 Å². The molecular weight excluding hydrogens is 295 g/mol. The quantitative estimate of drug-likeness (QED) is 0.561. The van der Waals surface area contributed by atoms with Gasteiger partial charge < -0.3 is 13.9 Å². The Bertz CT molecular complexity index is 584. The fraction of sp³-hybridized carbons (Fsp3) is 0.111. The molecule has 4 heteroatoms. The zero-order valence-corrected chi connectivity index (χ0v) is 13.2. The first-order valence-corrected chi connectivity index (χ1v) is 8.10. The molecule has 0 aromatic heterocycles. The average molecular weight is 314 g/mol. The Balaban J connectivity index is 2.09. The summed E-state index contributed by atoms with van der Waals surface area (Å²) in [5.74, 6) is 1.22. The molecule has 0 aliphatic heterocycles. The number of hydrogen-bond donors (Lipinski definition) is 1. The van der Waals surface area contributed by atoms with Gasteiger partial charge in [0.25, 0.3) is 0 Å². The molecule has 1 N–H and O–H groups in total. The van der Waals surface area contributed by atoms with Crippen molar-refractivity contribution in [1.29, 1.82) is 0 Å². The van der Waals surface area contributed by atoms with Crippen LogP contribution in [0.2, 0.25) is 0 Å². The molecule has 0 saturated carbocycles. The minimum atomic E-state index is -2.06. The molecule has 0 fully saturated rings. The summed E-state index contributed by atoms with van der Waals surface area (Å²) < 4.78 is 11.1. The van der Waals surface area contributed by atoms with E-state index in [0.717, 1.165) is 11.1 Å². The van der Waals surface area contributed by atoms with Gasteiger partial charge in [-0.2, -0.15) is 0 Å². The summed E-state index contributed by atoms with van der Waals surface area (Å²) in [6.45, 7) is 7.45. The molecule has 0 heterocycles. The molecule has 22 heavy (non-hydrogen) atoms. The maximum Gasteiger partial charge on any atom is 0.460 e. The van der Waals surface area contributed by atoms with Crippen LogP contribution in [0.5, 0.6) is 11.5 Å². The molecule has 0 aliphatic rings. The van der Waals surface area contributed by atoms with Crippen LogP contribution in [0, 0.1) is 0 Å². The van der Waals surface area contributed by atoms with Gasteiger partial charge in [0.1, 0.15) is 11.5 Å². The molecule has 2 aromatic rings. The molecule has 0 aliphatic carbocycles. The minimum absolute atomic E-state index is 0.609. The van der Waals surface area contributed by atoms with Gasteiger partial charge in [-0.25, -0.2) is 0 Å². The standard InChI is InChI=1S/C18H19O3P/c1-3-9-15-11-5-7-13-17(15)20-22(19)21-18-14-8-6-12-16(18)10-4-2/h3-8,11-14,19H,1-2,9-10H2. The van der Waals surface area contributed by atoms with Gasteiger partial charge in [-0.15, -0.1) is 13.2 Å². The van der Waals surface area contributed by atoms with Crippen LogP contribution in [-0.4, -0.2) is 4.89 Å². The van der Waals surface area contributed by atoms with Crippen molar-refractivity contribution in [2.75, 3.05) is 0 Å². The maximum absolute atomic E-state index is 10.1. The molecular formula is C18H19O3P. The third kappa shape index (κ3) is 4.45. The molecule has 114 valence electrons. The molecule has 0 bridgehead atoms. The highest BCUT2D eigenvalue weighted by Gasteiger charge is 2.15. The Kier molecular flexibility index (Phi) is 6.20. The fourth-order valence-electron chi connectivity index (χ4n) is 2.02. The maximum atomic E-state index is 10.1. The number of benzene rings is 2. The van der Waals surface area contributed by atoms with Crippen LogP contribution in [0.3, 0.4) is 0 Å². The normalized spacial score (nSPS) is 10.3. The van der Waals surface area contributed by atoms with Gasteiger partial charge in [0.15, 0.2) is 0 Å². The van der Waals surface area contributed by atoms with Crippen LogP contribution in [0.25, 0.3) is 0 Å². The first-order chi connectivity index (χ1) is 10.7. The third-order valence-corrected chi connectivity index (χ3v) is 3.73. The van der Waals surface area contributed by atoms with Gasteiger partial charge in [0.2, 0.25) is 0 Å². The van der Waals surface area contributed by atoms with Crippen molar-refractivity contribution in [3.05, 3.63) is 85.0 Å². The highest BCUT2D eigenvalue weighted by molar-refractivity contribution is 7.41. The third-order valence-electron chi connectivity index (χ3n) is 3.03.